The van der Waals surface area contributed by atoms with Crippen molar-refractivity contribution in [2.75, 3.05) is 32.8 Å². The fourth-order valence-corrected chi connectivity index (χ4v) is 3.47. The van der Waals surface area contributed by atoms with E-state index in [-0.39, 0.29) is 18.0 Å². The molecule has 1 aromatic rings. The quantitative estimate of drug-likeness (QED) is 0.781. The van der Waals surface area contributed by atoms with E-state index in [4.69, 9.17) is 4.74 Å². The van der Waals surface area contributed by atoms with Crippen molar-refractivity contribution < 1.29 is 13.9 Å². The first-order valence-electron chi connectivity index (χ1n) is 8.82. The maximum Gasteiger partial charge on any atom is 0.314 e. The Kier molecular flexibility index (Phi) is 6.04. The summed E-state index contributed by atoms with van der Waals surface area (Å²) in [5, 5.41) is 5.72. The number of hydrogen-bond donors (Lipinski definition) is 2. The number of aryl methyl sites for hydroxylation is 1. The first-order valence-corrected chi connectivity index (χ1v) is 8.82. The van der Waals surface area contributed by atoms with Crippen LogP contribution in [-0.2, 0) is 11.2 Å². The minimum absolute atomic E-state index is 0.0809. The van der Waals surface area contributed by atoms with E-state index >= 15 is 0 Å². The number of fused-ring (bicyclic) bond motifs is 1. The molecule has 0 bridgehead atoms. The molecule has 2 atom stereocenters. The van der Waals surface area contributed by atoms with Crippen LogP contribution in [0.5, 0.6) is 0 Å². The summed E-state index contributed by atoms with van der Waals surface area (Å²) in [5.74, 6) is -0.217. The van der Waals surface area contributed by atoms with Crippen molar-refractivity contribution in [3.63, 3.8) is 0 Å². The molecule has 5 nitrogen and oxygen atoms in total. The number of hydrogen-bond acceptors (Lipinski definition) is 3. The number of nitrogens with zero attached hydrogens (tertiary/aromatic N) is 1. The second kappa shape index (κ2) is 8.44. The van der Waals surface area contributed by atoms with E-state index in [1.807, 2.05) is 6.07 Å². The molecule has 3 rings (SSSR count). The van der Waals surface area contributed by atoms with Crippen LogP contribution in [0.3, 0.4) is 0 Å². The Morgan fingerprint density at radius 3 is 3.17 bits per heavy atom. The molecule has 132 valence electrons. The summed E-state index contributed by atoms with van der Waals surface area (Å²) in [5.41, 5.74) is 0.952. The Labute approximate surface area is 142 Å². The Morgan fingerprint density at radius 1 is 1.38 bits per heavy atom. The number of ether oxygens (including phenoxy) is 1. The lowest BCUT2D eigenvalue weighted by Gasteiger charge is -2.35. The van der Waals surface area contributed by atoms with Gasteiger partial charge in [-0.2, -0.15) is 0 Å². The first kappa shape index (κ1) is 17.2. The number of carbonyl (C=O) groups excluding carboxylic acids is 1. The van der Waals surface area contributed by atoms with Crippen LogP contribution in [0.25, 0.3) is 0 Å². The Balaban J connectivity index is 1.27. The van der Waals surface area contributed by atoms with Gasteiger partial charge in [0.2, 0.25) is 0 Å². The third-order valence-corrected chi connectivity index (χ3v) is 4.77. The van der Waals surface area contributed by atoms with Crippen LogP contribution in [0.1, 0.15) is 24.8 Å². The molecule has 2 aliphatic heterocycles. The number of carbonyl (C=O) groups is 1. The molecule has 0 aliphatic carbocycles. The van der Waals surface area contributed by atoms with Crippen molar-refractivity contribution in [3.05, 3.63) is 35.6 Å². The maximum atomic E-state index is 13.1. The molecule has 2 amide bonds. The molecule has 2 N–H and O–H groups in total. The molecular weight excluding hydrogens is 309 g/mol. The zero-order chi connectivity index (χ0) is 16.8. The number of morpholine rings is 1. The summed E-state index contributed by atoms with van der Waals surface area (Å²) in [6, 6.07) is 6.99. The molecule has 0 spiro atoms. The van der Waals surface area contributed by atoms with Crippen LogP contribution in [-0.4, -0.2) is 55.9 Å². The standard InChI is InChI=1S/C18H26FN3O2/c19-15-6-1-4-14(10-15)5-2-8-20-18(23)21-11-17-12-22-9-3-7-16(22)13-24-17/h1,4,6,10,16-17H,2-3,5,7-9,11-13H2,(H2,20,21,23). The van der Waals surface area contributed by atoms with E-state index < -0.39 is 0 Å². The summed E-state index contributed by atoms with van der Waals surface area (Å²) in [6.07, 6.45) is 4.09. The summed E-state index contributed by atoms with van der Waals surface area (Å²) in [4.78, 5) is 14.3. The number of halogens is 1. The van der Waals surface area contributed by atoms with Crippen molar-refractivity contribution in [1.82, 2.24) is 15.5 Å². The molecule has 2 heterocycles. The second-order valence-electron chi connectivity index (χ2n) is 6.62. The minimum atomic E-state index is -0.217. The van der Waals surface area contributed by atoms with Gasteiger partial charge in [-0.05, 0) is 49.9 Å². The van der Waals surface area contributed by atoms with Crippen molar-refractivity contribution in [2.24, 2.45) is 0 Å². The third-order valence-electron chi connectivity index (χ3n) is 4.77. The third kappa shape index (κ3) is 4.92. The number of nitrogens with one attached hydrogen (secondary N) is 2. The van der Waals surface area contributed by atoms with Gasteiger partial charge in [0.25, 0.3) is 0 Å². The summed E-state index contributed by atoms with van der Waals surface area (Å²) >= 11 is 0. The van der Waals surface area contributed by atoms with E-state index in [1.165, 1.54) is 25.0 Å². The van der Waals surface area contributed by atoms with Gasteiger partial charge in [0.1, 0.15) is 5.82 Å². The monoisotopic (exact) mass is 335 g/mol. The molecule has 0 aromatic heterocycles. The molecule has 2 saturated heterocycles. The normalized spacial score (nSPS) is 23.7. The SMILES string of the molecule is O=C(NCCCc1cccc(F)c1)NCC1CN2CCCC2CO1. The largest absolute Gasteiger partial charge is 0.373 e. The van der Waals surface area contributed by atoms with Gasteiger partial charge in [-0.15, -0.1) is 0 Å². The smallest absolute Gasteiger partial charge is 0.314 e. The molecule has 24 heavy (non-hydrogen) atoms. The predicted octanol–water partition coefficient (Wildman–Crippen LogP) is 1.92. The van der Waals surface area contributed by atoms with Crippen LogP contribution >= 0.6 is 0 Å². The van der Waals surface area contributed by atoms with Crippen molar-refractivity contribution in [2.45, 2.75) is 37.8 Å². The van der Waals surface area contributed by atoms with Gasteiger partial charge in [-0.1, -0.05) is 12.1 Å². The van der Waals surface area contributed by atoms with Crippen molar-refractivity contribution in [3.8, 4) is 0 Å². The minimum Gasteiger partial charge on any atom is -0.373 e. The van der Waals surface area contributed by atoms with Crippen molar-refractivity contribution in [1.29, 1.82) is 0 Å². The molecule has 2 unspecified atom stereocenters. The number of rotatable bonds is 6. The zero-order valence-electron chi connectivity index (χ0n) is 14.0. The highest BCUT2D eigenvalue weighted by Gasteiger charge is 2.32. The van der Waals surface area contributed by atoms with Gasteiger partial charge in [-0.25, -0.2) is 9.18 Å². The van der Waals surface area contributed by atoms with E-state index in [9.17, 15) is 9.18 Å². The van der Waals surface area contributed by atoms with Gasteiger partial charge in [-0.3, -0.25) is 4.90 Å². The van der Waals surface area contributed by atoms with Gasteiger partial charge in [0.05, 0.1) is 12.7 Å². The predicted molar refractivity (Wildman–Crippen MR) is 90.5 cm³/mol. The number of urea groups is 1. The van der Waals surface area contributed by atoms with E-state index in [0.717, 1.165) is 38.1 Å². The average molecular weight is 335 g/mol. The van der Waals surface area contributed by atoms with Crippen LogP contribution in [0, 0.1) is 5.82 Å². The topological polar surface area (TPSA) is 53.6 Å². The second-order valence-corrected chi connectivity index (χ2v) is 6.62. The molecule has 0 radical (unpaired) electrons. The summed E-state index contributed by atoms with van der Waals surface area (Å²) in [7, 11) is 0. The molecule has 2 aliphatic rings. The number of amides is 2. The van der Waals surface area contributed by atoms with E-state index in [2.05, 4.69) is 15.5 Å². The molecule has 2 fully saturated rings. The Morgan fingerprint density at radius 2 is 2.29 bits per heavy atom. The summed E-state index contributed by atoms with van der Waals surface area (Å²) in [6.45, 7) is 3.95. The maximum absolute atomic E-state index is 13.1. The number of benzene rings is 1. The fraction of sp³-hybridized carbons (Fsp3) is 0.611. The highest BCUT2D eigenvalue weighted by Crippen LogP contribution is 2.22. The average Bonchev–Trinajstić information content (AvgIpc) is 3.05. The molecular formula is C18H26FN3O2. The fourth-order valence-electron chi connectivity index (χ4n) is 3.47. The van der Waals surface area contributed by atoms with Gasteiger partial charge in [0.15, 0.2) is 0 Å². The molecule has 1 aromatic carbocycles. The van der Waals surface area contributed by atoms with E-state index in [1.54, 1.807) is 6.07 Å². The van der Waals surface area contributed by atoms with Crippen LogP contribution in [0.15, 0.2) is 24.3 Å². The van der Waals surface area contributed by atoms with Gasteiger partial charge < -0.3 is 15.4 Å². The lowest BCUT2D eigenvalue weighted by molar-refractivity contribution is -0.0457. The highest BCUT2D eigenvalue weighted by atomic mass is 19.1. The lowest BCUT2D eigenvalue weighted by atomic mass is 10.1. The van der Waals surface area contributed by atoms with E-state index in [0.29, 0.717) is 19.1 Å². The van der Waals surface area contributed by atoms with Crippen LogP contribution in [0.4, 0.5) is 9.18 Å². The first-order chi connectivity index (χ1) is 11.7. The molecule has 6 heteroatoms. The Bertz CT molecular complexity index is 555. The van der Waals surface area contributed by atoms with Gasteiger partial charge >= 0.3 is 6.03 Å². The summed E-state index contributed by atoms with van der Waals surface area (Å²) < 4.78 is 18.9. The van der Waals surface area contributed by atoms with Crippen LogP contribution < -0.4 is 10.6 Å². The Hall–Kier alpha value is -1.66. The zero-order valence-corrected chi connectivity index (χ0v) is 14.0. The van der Waals surface area contributed by atoms with Crippen molar-refractivity contribution >= 4 is 6.03 Å². The highest BCUT2D eigenvalue weighted by molar-refractivity contribution is 5.73. The van der Waals surface area contributed by atoms with Crippen LogP contribution in [0.2, 0.25) is 0 Å². The molecule has 0 saturated carbocycles. The van der Waals surface area contributed by atoms with Gasteiger partial charge in [0, 0.05) is 25.7 Å². The lowest BCUT2D eigenvalue weighted by Crippen LogP contribution is -2.51.